The van der Waals surface area contributed by atoms with E-state index in [0.717, 1.165) is 21.2 Å². The van der Waals surface area contributed by atoms with Gasteiger partial charge >= 0.3 is 0 Å². The van der Waals surface area contributed by atoms with E-state index in [1.807, 2.05) is 38.4 Å². The van der Waals surface area contributed by atoms with Crippen LogP contribution in [-0.4, -0.2) is 27.2 Å². The molecule has 0 radical (unpaired) electrons. The van der Waals surface area contributed by atoms with Crippen LogP contribution in [0.3, 0.4) is 0 Å². The second-order valence-electron chi connectivity index (χ2n) is 5.57. The molecule has 4 nitrogen and oxygen atoms in total. The highest BCUT2D eigenvalue weighted by atomic mass is 32.1. The zero-order valence-corrected chi connectivity index (χ0v) is 14.8. The van der Waals surface area contributed by atoms with Crippen molar-refractivity contribution in [2.45, 2.75) is 33.2 Å². The first-order valence-electron chi connectivity index (χ1n) is 7.19. The van der Waals surface area contributed by atoms with Crippen LogP contribution in [0.15, 0.2) is 23.7 Å². The quantitative estimate of drug-likeness (QED) is 0.727. The number of likely N-dealkylation sites (N-methyl/N-ethyl adjacent to an activating group) is 1. The van der Waals surface area contributed by atoms with Crippen molar-refractivity contribution in [3.8, 4) is 0 Å². The lowest BCUT2D eigenvalue weighted by molar-refractivity contribution is -0.131. The number of hydrogen-bond acceptors (Lipinski definition) is 4. The Kier molecular flexibility index (Phi) is 4.06. The van der Waals surface area contributed by atoms with Gasteiger partial charge < -0.3 is 4.90 Å². The first kappa shape index (κ1) is 15.2. The summed E-state index contributed by atoms with van der Waals surface area (Å²) >= 11 is 3.31. The lowest BCUT2D eigenvalue weighted by Gasteiger charge is -2.21. The molecule has 1 unspecified atom stereocenters. The van der Waals surface area contributed by atoms with Gasteiger partial charge in [0.25, 0.3) is 0 Å². The summed E-state index contributed by atoms with van der Waals surface area (Å²) in [4.78, 5) is 22.3. The van der Waals surface area contributed by atoms with Crippen molar-refractivity contribution >= 4 is 33.5 Å². The van der Waals surface area contributed by atoms with E-state index >= 15 is 0 Å². The van der Waals surface area contributed by atoms with Crippen molar-refractivity contribution in [2.24, 2.45) is 0 Å². The Morgan fingerprint density at radius 1 is 1.45 bits per heavy atom. The number of aryl methyl sites for hydroxylation is 2. The molecule has 0 aromatic carbocycles. The van der Waals surface area contributed by atoms with E-state index in [-0.39, 0.29) is 11.8 Å². The van der Waals surface area contributed by atoms with E-state index in [1.54, 1.807) is 27.6 Å². The summed E-state index contributed by atoms with van der Waals surface area (Å²) in [6, 6.07) is 4.01. The maximum Gasteiger partial charge on any atom is 0.230 e. The first-order chi connectivity index (χ1) is 10.5. The van der Waals surface area contributed by atoms with E-state index in [9.17, 15) is 4.79 Å². The minimum absolute atomic E-state index is 0.0991. The van der Waals surface area contributed by atoms with Gasteiger partial charge in [0.05, 0.1) is 23.9 Å². The fraction of sp³-hybridized carbons (Fsp3) is 0.375. The topological polar surface area (TPSA) is 37.6 Å². The second-order valence-corrected chi connectivity index (χ2v) is 7.76. The van der Waals surface area contributed by atoms with Crippen LogP contribution < -0.4 is 0 Å². The SMILES string of the molecule is Cc1cn2c(CN(C)C(=O)C(C)c3cccs3)c(C)nc2s1. The number of carbonyl (C=O) groups is 1. The Labute approximate surface area is 138 Å². The third-order valence-corrected chi connectivity index (χ3v) is 5.80. The highest BCUT2D eigenvalue weighted by Crippen LogP contribution is 2.25. The van der Waals surface area contributed by atoms with E-state index in [2.05, 4.69) is 22.5 Å². The Morgan fingerprint density at radius 3 is 2.91 bits per heavy atom. The minimum Gasteiger partial charge on any atom is -0.339 e. The maximum atomic E-state index is 12.6. The fourth-order valence-electron chi connectivity index (χ4n) is 2.59. The number of amides is 1. The van der Waals surface area contributed by atoms with Crippen LogP contribution >= 0.6 is 22.7 Å². The average Bonchev–Trinajstić information content (AvgIpc) is 3.17. The average molecular weight is 333 g/mol. The van der Waals surface area contributed by atoms with Crippen molar-refractivity contribution in [2.75, 3.05) is 7.05 Å². The van der Waals surface area contributed by atoms with Crippen molar-refractivity contribution in [1.82, 2.24) is 14.3 Å². The van der Waals surface area contributed by atoms with Crippen LogP contribution in [0.4, 0.5) is 0 Å². The molecule has 1 amide bonds. The molecule has 0 spiro atoms. The van der Waals surface area contributed by atoms with Gasteiger partial charge in [-0.05, 0) is 32.2 Å². The van der Waals surface area contributed by atoms with Gasteiger partial charge in [0.1, 0.15) is 0 Å². The predicted octanol–water partition coefficient (Wildman–Crippen LogP) is 3.84. The molecular formula is C16H19N3OS2. The van der Waals surface area contributed by atoms with Gasteiger partial charge in [0.2, 0.25) is 5.91 Å². The molecule has 3 aromatic heterocycles. The van der Waals surface area contributed by atoms with Crippen molar-refractivity contribution in [1.29, 1.82) is 0 Å². The van der Waals surface area contributed by atoms with Crippen LogP contribution in [0.1, 0.15) is 34.0 Å². The molecule has 3 aromatic rings. The van der Waals surface area contributed by atoms with Crippen LogP contribution in [0.2, 0.25) is 0 Å². The van der Waals surface area contributed by atoms with Gasteiger partial charge in [-0.15, -0.1) is 22.7 Å². The summed E-state index contributed by atoms with van der Waals surface area (Å²) < 4.78 is 2.11. The number of carbonyl (C=O) groups excluding carboxylic acids is 1. The highest BCUT2D eigenvalue weighted by Gasteiger charge is 2.22. The first-order valence-corrected chi connectivity index (χ1v) is 8.89. The van der Waals surface area contributed by atoms with Gasteiger partial charge in [-0.1, -0.05) is 6.07 Å². The van der Waals surface area contributed by atoms with E-state index in [4.69, 9.17) is 0 Å². The lowest BCUT2D eigenvalue weighted by Crippen LogP contribution is -2.30. The molecular weight excluding hydrogens is 314 g/mol. The summed E-state index contributed by atoms with van der Waals surface area (Å²) in [5, 5.41) is 2.01. The minimum atomic E-state index is -0.0991. The van der Waals surface area contributed by atoms with E-state index in [1.165, 1.54) is 4.88 Å². The third kappa shape index (κ3) is 2.68. The predicted molar refractivity (Wildman–Crippen MR) is 91.8 cm³/mol. The Balaban J connectivity index is 1.82. The molecule has 0 saturated heterocycles. The zero-order valence-electron chi connectivity index (χ0n) is 13.2. The van der Waals surface area contributed by atoms with Gasteiger partial charge in [0, 0.05) is 23.0 Å². The maximum absolute atomic E-state index is 12.6. The summed E-state index contributed by atoms with van der Waals surface area (Å²) in [6.45, 7) is 6.63. The molecule has 3 heterocycles. The Bertz CT molecular complexity index is 801. The number of fused-ring (bicyclic) bond motifs is 1. The smallest absolute Gasteiger partial charge is 0.230 e. The number of aromatic nitrogens is 2. The van der Waals surface area contributed by atoms with Crippen molar-refractivity contribution < 1.29 is 4.79 Å². The third-order valence-electron chi connectivity index (χ3n) is 3.84. The lowest BCUT2D eigenvalue weighted by atomic mass is 10.1. The molecule has 6 heteroatoms. The standard InChI is InChI=1S/C16H19N3OS2/c1-10-8-19-13(12(3)17-16(19)22-10)9-18(4)15(20)11(2)14-6-5-7-21-14/h5-8,11H,9H2,1-4H3. The van der Waals surface area contributed by atoms with Crippen LogP contribution in [0, 0.1) is 13.8 Å². The largest absolute Gasteiger partial charge is 0.339 e. The molecule has 3 rings (SSSR count). The summed E-state index contributed by atoms with van der Waals surface area (Å²) in [5.41, 5.74) is 2.09. The molecule has 0 saturated carbocycles. The van der Waals surface area contributed by atoms with Gasteiger partial charge in [-0.25, -0.2) is 4.98 Å². The number of nitrogens with zero attached hydrogens (tertiary/aromatic N) is 3. The summed E-state index contributed by atoms with van der Waals surface area (Å²) in [6.07, 6.45) is 2.09. The number of thiophene rings is 1. The summed E-state index contributed by atoms with van der Waals surface area (Å²) in [5.74, 6) is 0.0432. The summed E-state index contributed by atoms with van der Waals surface area (Å²) in [7, 11) is 1.87. The van der Waals surface area contributed by atoms with Crippen molar-refractivity contribution in [3.05, 3.63) is 44.9 Å². The Hall–Kier alpha value is -1.66. The second kappa shape index (κ2) is 5.85. The Morgan fingerprint density at radius 2 is 2.23 bits per heavy atom. The number of hydrogen-bond donors (Lipinski definition) is 0. The van der Waals surface area contributed by atoms with Gasteiger partial charge in [-0.2, -0.15) is 0 Å². The highest BCUT2D eigenvalue weighted by molar-refractivity contribution is 7.17. The fourth-order valence-corrected chi connectivity index (χ4v) is 4.26. The van der Waals surface area contributed by atoms with Gasteiger partial charge in [0.15, 0.2) is 4.96 Å². The molecule has 0 aliphatic heterocycles. The van der Waals surface area contributed by atoms with Crippen LogP contribution in [0.5, 0.6) is 0 Å². The normalized spacial score (nSPS) is 12.7. The molecule has 0 aliphatic carbocycles. The molecule has 116 valence electrons. The number of thiazole rings is 1. The molecule has 0 N–H and O–H groups in total. The molecule has 0 aliphatic rings. The van der Waals surface area contributed by atoms with E-state index in [0.29, 0.717) is 6.54 Å². The monoisotopic (exact) mass is 333 g/mol. The molecule has 0 fully saturated rings. The molecule has 1 atom stereocenters. The number of rotatable bonds is 4. The molecule has 22 heavy (non-hydrogen) atoms. The zero-order chi connectivity index (χ0) is 15.9. The number of imidazole rings is 1. The molecule has 0 bridgehead atoms. The van der Waals surface area contributed by atoms with Crippen molar-refractivity contribution in [3.63, 3.8) is 0 Å². The van der Waals surface area contributed by atoms with Crippen LogP contribution in [0.25, 0.3) is 4.96 Å². The van der Waals surface area contributed by atoms with Gasteiger partial charge in [-0.3, -0.25) is 9.20 Å². The van der Waals surface area contributed by atoms with E-state index < -0.39 is 0 Å². The van der Waals surface area contributed by atoms with Crippen LogP contribution in [-0.2, 0) is 11.3 Å².